The van der Waals surface area contributed by atoms with Crippen molar-refractivity contribution >= 4 is 0 Å². The largest absolute Gasteiger partial charge is 0.489 e. The minimum absolute atomic E-state index is 0.0700. The van der Waals surface area contributed by atoms with Crippen LogP contribution in [-0.4, -0.2) is 6.10 Å². The maximum Gasteiger partial charge on any atom is 0.124 e. The molecule has 2 heteroatoms. The summed E-state index contributed by atoms with van der Waals surface area (Å²) in [7, 11) is 0. The van der Waals surface area contributed by atoms with Crippen molar-refractivity contribution in [2.24, 2.45) is 22.5 Å². The van der Waals surface area contributed by atoms with E-state index in [9.17, 15) is 0 Å². The van der Waals surface area contributed by atoms with E-state index in [4.69, 9.17) is 10.5 Å². The van der Waals surface area contributed by atoms with Crippen LogP contribution in [0.15, 0.2) is 24.3 Å². The van der Waals surface area contributed by atoms with Crippen LogP contribution >= 0.6 is 0 Å². The fraction of sp³-hybridized carbons (Fsp3) is 0.684. The van der Waals surface area contributed by atoms with Gasteiger partial charge in [0.25, 0.3) is 0 Å². The fourth-order valence-corrected chi connectivity index (χ4v) is 4.58. The van der Waals surface area contributed by atoms with Crippen LogP contribution in [0, 0.1) is 16.7 Å². The second-order valence-corrected chi connectivity index (χ2v) is 7.77. The summed E-state index contributed by atoms with van der Waals surface area (Å²) >= 11 is 0. The van der Waals surface area contributed by atoms with Gasteiger partial charge in [-0.15, -0.1) is 0 Å². The van der Waals surface area contributed by atoms with Gasteiger partial charge in [-0.05, 0) is 43.1 Å². The maximum atomic E-state index is 6.52. The molecule has 3 unspecified atom stereocenters. The van der Waals surface area contributed by atoms with E-state index in [0.717, 1.165) is 23.7 Å². The van der Waals surface area contributed by atoms with Crippen molar-refractivity contribution in [1.82, 2.24) is 0 Å². The first-order valence-corrected chi connectivity index (χ1v) is 8.41. The normalized spacial score (nSPS) is 34.9. The third-order valence-electron chi connectivity index (χ3n) is 6.74. The highest BCUT2D eigenvalue weighted by molar-refractivity contribution is 5.36. The number of fused-ring (bicyclic) bond motifs is 2. The molecule has 1 aromatic rings. The van der Waals surface area contributed by atoms with Gasteiger partial charge in [-0.25, -0.2) is 0 Å². The molecule has 21 heavy (non-hydrogen) atoms. The van der Waals surface area contributed by atoms with Crippen molar-refractivity contribution < 1.29 is 4.74 Å². The lowest BCUT2D eigenvalue weighted by Crippen LogP contribution is -2.39. The molecule has 0 heterocycles. The van der Waals surface area contributed by atoms with Gasteiger partial charge in [0.15, 0.2) is 0 Å². The SMILES string of the molecule is CC[C@H](N)c1ccccc1OC1CC2CCC1(C)C2(C)C. The number of rotatable bonds is 4. The van der Waals surface area contributed by atoms with Crippen molar-refractivity contribution in [3.05, 3.63) is 29.8 Å². The lowest BCUT2D eigenvalue weighted by atomic mass is 9.70. The maximum absolute atomic E-state index is 6.52. The van der Waals surface area contributed by atoms with E-state index in [2.05, 4.69) is 52.0 Å². The van der Waals surface area contributed by atoms with E-state index in [1.165, 1.54) is 19.3 Å². The van der Waals surface area contributed by atoms with Crippen molar-refractivity contribution in [2.45, 2.75) is 65.5 Å². The Labute approximate surface area is 129 Å². The van der Waals surface area contributed by atoms with E-state index in [0.29, 0.717) is 16.9 Å². The first-order chi connectivity index (χ1) is 9.90. The summed E-state index contributed by atoms with van der Waals surface area (Å²) < 4.78 is 6.52. The molecule has 116 valence electrons. The van der Waals surface area contributed by atoms with Gasteiger partial charge in [-0.2, -0.15) is 0 Å². The van der Waals surface area contributed by atoms with Gasteiger partial charge in [0.05, 0.1) is 0 Å². The number of benzene rings is 1. The standard InChI is InChI=1S/C19H29NO/c1-5-15(20)14-8-6-7-9-16(14)21-17-12-13-10-11-19(17,4)18(13,2)3/h6-9,13,15,17H,5,10-12,20H2,1-4H3/t13?,15-,17?,19?/m0/s1. The second-order valence-electron chi connectivity index (χ2n) is 7.77. The molecule has 2 nitrogen and oxygen atoms in total. The van der Waals surface area contributed by atoms with Crippen LogP contribution in [-0.2, 0) is 0 Å². The van der Waals surface area contributed by atoms with E-state index >= 15 is 0 Å². The van der Waals surface area contributed by atoms with Crippen molar-refractivity contribution in [1.29, 1.82) is 0 Å². The molecule has 0 radical (unpaired) electrons. The van der Waals surface area contributed by atoms with Crippen molar-refractivity contribution in [2.75, 3.05) is 0 Å². The molecule has 2 aliphatic carbocycles. The van der Waals surface area contributed by atoms with Gasteiger partial charge >= 0.3 is 0 Å². The van der Waals surface area contributed by atoms with Crippen LogP contribution in [0.1, 0.15) is 65.0 Å². The first kappa shape index (κ1) is 14.9. The van der Waals surface area contributed by atoms with E-state index in [-0.39, 0.29) is 6.04 Å². The molecule has 0 saturated heterocycles. The predicted molar refractivity (Wildman–Crippen MR) is 87.3 cm³/mol. The molecule has 4 atom stereocenters. The van der Waals surface area contributed by atoms with Gasteiger partial charge < -0.3 is 10.5 Å². The summed E-state index contributed by atoms with van der Waals surface area (Å²) in [6, 6.07) is 8.39. The van der Waals surface area contributed by atoms with E-state index in [1.807, 2.05) is 0 Å². The first-order valence-electron chi connectivity index (χ1n) is 8.41. The van der Waals surface area contributed by atoms with Crippen molar-refractivity contribution in [3.63, 3.8) is 0 Å². The molecule has 2 N–H and O–H groups in total. The Morgan fingerprint density at radius 1 is 1.29 bits per heavy atom. The van der Waals surface area contributed by atoms with Gasteiger partial charge in [0, 0.05) is 17.0 Å². The van der Waals surface area contributed by atoms with Gasteiger partial charge in [-0.3, -0.25) is 0 Å². The molecule has 0 amide bonds. The van der Waals surface area contributed by atoms with E-state index < -0.39 is 0 Å². The molecule has 0 aliphatic heterocycles. The number of para-hydroxylation sites is 1. The van der Waals surface area contributed by atoms with Gasteiger partial charge in [0.1, 0.15) is 11.9 Å². The molecular formula is C19H29NO. The Hall–Kier alpha value is -1.02. The summed E-state index contributed by atoms with van der Waals surface area (Å²) in [4.78, 5) is 0. The molecule has 2 fully saturated rings. The summed E-state index contributed by atoms with van der Waals surface area (Å²) in [6.07, 6.45) is 5.11. The van der Waals surface area contributed by atoms with Gasteiger partial charge in [-0.1, -0.05) is 45.9 Å². The fourth-order valence-electron chi connectivity index (χ4n) is 4.58. The molecule has 0 aromatic heterocycles. The quantitative estimate of drug-likeness (QED) is 0.872. The average Bonchev–Trinajstić information content (AvgIpc) is 2.80. The summed E-state index contributed by atoms with van der Waals surface area (Å²) in [6.45, 7) is 9.41. The predicted octanol–water partition coefficient (Wildman–Crippen LogP) is 4.69. The Morgan fingerprint density at radius 2 is 2.00 bits per heavy atom. The third-order valence-corrected chi connectivity index (χ3v) is 6.74. The zero-order valence-corrected chi connectivity index (χ0v) is 13.9. The van der Waals surface area contributed by atoms with Crippen LogP contribution in [0.5, 0.6) is 5.75 Å². The zero-order valence-electron chi connectivity index (χ0n) is 13.9. The topological polar surface area (TPSA) is 35.2 Å². The minimum atomic E-state index is 0.0700. The molecule has 3 rings (SSSR count). The van der Waals surface area contributed by atoms with Crippen LogP contribution in [0.4, 0.5) is 0 Å². The third kappa shape index (κ3) is 2.11. The highest BCUT2D eigenvalue weighted by Gasteiger charge is 2.62. The van der Waals surface area contributed by atoms with Gasteiger partial charge in [0.2, 0.25) is 0 Å². The summed E-state index contributed by atoms with van der Waals surface area (Å²) in [5.74, 6) is 1.81. The molecular weight excluding hydrogens is 258 g/mol. The van der Waals surface area contributed by atoms with Crippen molar-refractivity contribution in [3.8, 4) is 5.75 Å². The molecule has 2 saturated carbocycles. The Kier molecular flexibility index (Phi) is 3.56. The highest BCUT2D eigenvalue weighted by atomic mass is 16.5. The molecule has 2 aliphatic rings. The Balaban J connectivity index is 1.86. The average molecular weight is 287 g/mol. The molecule has 2 bridgehead atoms. The number of ether oxygens (including phenoxy) is 1. The number of hydrogen-bond donors (Lipinski definition) is 1. The lowest BCUT2D eigenvalue weighted by molar-refractivity contribution is 0.0293. The van der Waals surface area contributed by atoms with E-state index in [1.54, 1.807) is 0 Å². The van der Waals surface area contributed by atoms with Crippen LogP contribution in [0.3, 0.4) is 0 Å². The Morgan fingerprint density at radius 3 is 2.57 bits per heavy atom. The molecule has 0 spiro atoms. The molecule has 1 aromatic carbocycles. The second kappa shape index (κ2) is 5.01. The zero-order chi connectivity index (χ0) is 15.3. The monoisotopic (exact) mass is 287 g/mol. The lowest BCUT2D eigenvalue weighted by Gasteiger charge is -2.39. The Bertz CT molecular complexity index is 524. The number of hydrogen-bond acceptors (Lipinski definition) is 2. The smallest absolute Gasteiger partial charge is 0.124 e. The highest BCUT2D eigenvalue weighted by Crippen LogP contribution is 2.66. The minimum Gasteiger partial charge on any atom is -0.489 e. The summed E-state index contributed by atoms with van der Waals surface area (Å²) in [5.41, 5.74) is 8.09. The van der Waals surface area contributed by atoms with Crippen LogP contribution < -0.4 is 10.5 Å². The van der Waals surface area contributed by atoms with Crippen LogP contribution in [0.25, 0.3) is 0 Å². The van der Waals surface area contributed by atoms with Crippen LogP contribution in [0.2, 0.25) is 0 Å². The summed E-state index contributed by atoms with van der Waals surface area (Å²) in [5, 5.41) is 0. The number of nitrogens with two attached hydrogens (primary N) is 1.